The summed E-state index contributed by atoms with van der Waals surface area (Å²) in [5.74, 6) is 2.59. The molecule has 0 bridgehead atoms. The maximum atomic E-state index is 5.37. The molecule has 1 aromatic heterocycles. The van der Waals surface area contributed by atoms with Crippen LogP contribution in [-0.2, 0) is 0 Å². The van der Waals surface area contributed by atoms with E-state index in [1.54, 1.807) is 6.08 Å². The molecule has 2 fully saturated rings. The summed E-state index contributed by atoms with van der Waals surface area (Å²) >= 11 is 5.37. The predicted molar refractivity (Wildman–Crippen MR) is 118 cm³/mol. The number of piperidine rings is 1. The highest BCUT2D eigenvalue weighted by Gasteiger charge is 2.22. The second kappa shape index (κ2) is 9.88. The average molecular weight is 389 g/mol. The van der Waals surface area contributed by atoms with Crippen molar-refractivity contribution in [3.8, 4) is 0 Å². The number of thiocarbonyl (C=S) groups is 1. The SMILES string of the molecule is C=CCNC(=S)Nc1nc(N2CCCCCC2)cc(N2CCCC[C@H]2C)n1. The van der Waals surface area contributed by atoms with Crippen LogP contribution in [0.5, 0.6) is 0 Å². The number of hydrogen-bond donors (Lipinski definition) is 2. The van der Waals surface area contributed by atoms with Gasteiger partial charge in [0, 0.05) is 38.3 Å². The molecular weight excluding hydrogens is 356 g/mol. The third-order valence-corrected chi connectivity index (χ3v) is 5.61. The van der Waals surface area contributed by atoms with Gasteiger partial charge < -0.3 is 20.4 Å². The summed E-state index contributed by atoms with van der Waals surface area (Å²) in [5, 5.41) is 6.78. The number of aromatic nitrogens is 2. The molecule has 148 valence electrons. The Morgan fingerprint density at radius 1 is 1.15 bits per heavy atom. The summed E-state index contributed by atoms with van der Waals surface area (Å²) < 4.78 is 0. The monoisotopic (exact) mass is 388 g/mol. The molecule has 0 unspecified atom stereocenters. The topological polar surface area (TPSA) is 56.3 Å². The molecule has 1 atom stereocenters. The van der Waals surface area contributed by atoms with Gasteiger partial charge in [-0.2, -0.15) is 9.97 Å². The van der Waals surface area contributed by atoms with E-state index in [1.807, 2.05) is 0 Å². The van der Waals surface area contributed by atoms with Crippen LogP contribution in [0.2, 0.25) is 0 Å². The van der Waals surface area contributed by atoms with Crippen LogP contribution in [0.3, 0.4) is 0 Å². The van der Waals surface area contributed by atoms with E-state index >= 15 is 0 Å². The molecule has 0 aromatic carbocycles. The van der Waals surface area contributed by atoms with E-state index in [1.165, 1.54) is 44.9 Å². The molecule has 3 heterocycles. The molecule has 2 aliphatic heterocycles. The van der Waals surface area contributed by atoms with E-state index in [0.717, 1.165) is 31.3 Å². The summed E-state index contributed by atoms with van der Waals surface area (Å²) in [6.07, 6.45) is 10.6. The van der Waals surface area contributed by atoms with Crippen molar-refractivity contribution in [2.75, 3.05) is 41.3 Å². The molecule has 3 rings (SSSR count). The zero-order valence-electron chi connectivity index (χ0n) is 16.4. The van der Waals surface area contributed by atoms with Gasteiger partial charge in [0.2, 0.25) is 5.95 Å². The Hall–Kier alpha value is -1.89. The number of anilines is 3. The minimum atomic E-state index is 0.504. The van der Waals surface area contributed by atoms with Gasteiger partial charge in [0.1, 0.15) is 11.6 Å². The summed E-state index contributed by atoms with van der Waals surface area (Å²) in [6.45, 7) is 9.79. The fraction of sp³-hybridized carbons (Fsp3) is 0.650. The number of rotatable bonds is 5. The van der Waals surface area contributed by atoms with Crippen molar-refractivity contribution in [2.24, 2.45) is 0 Å². The third-order valence-electron chi connectivity index (χ3n) is 5.36. The van der Waals surface area contributed by atoms with Crippen molar-refractivity contribution in [1.29, 1.82) is 0 Å². The van der Waals surface area contributed by atoms with Crippen LogP contribution in [0.15, 0.2) is 18.7 Å². The van der Waals surface area contributed by atoms with Crippen LogP contribution in [0, 0.1) is 0 Å². The lowest BCUT2D eigenvalue weighted by Gasteiger charge is -2.35. The minimum Gasteiger partial charge on any atom is -0.359 e. The zero-order valence-corrected chi connectivity index (χ0v) is 17.2. The molecule has 0 radical (unpaired) electrons. The largest absolute Gasteiger partial charge is 0.359 e. The lowest BCUT2D eigenvalue weighted by atomic mass is 10.0. The van der Waals surface area contributed by atoms with Crippen molar-refractivity contribution in [3.63, 3.8) is 0 Å². The van der Waals surface area contributed by atoms with E-state index in [-0.39, 0.29) is 0 Å². The normalized spacial score (nSPS) is 20.7. The summed E-state index contributed by atoms with van der Waals surface area (Å²) in [4.78, 5) is 14.4. The van der Waals surface area contributed by atoms with Crippen molar-refractivity contribution >= 4 is 34.9 Å². The van der Waals surface area contributed by atoms with Crippen molar-refractivity contribution in [2.45, 2.75) is 57.9 Å². The van der Waals surface area contributed by atoms with Gasteiger partial charge in [0.15, 0.2) is 5.11 Å². The molecule has 7 heteroatoms. The van der Waals surface area contributed by atoms with Crippen LogP contribution in [0.25, 0.3) is 0 Å². The van der Waals surface area contributed by atoms with Gasteiger partial charge in [0.05, 0.1) is 0 Å². The Bertz CT molecular complexity index is 641. The minimum absolute atomic E-state index is 0.504. The fourth-order valence-electron chi connectivity index (χ4n) is 3.84. The molecule has 6 nitrogen and oxygen atoms in total. The van der Waals surface area contributed by atoms with Crippen molar-refractivity contribution in [3.05, 3.63) is 18.7 Å². The first-order chi connectivity index (χ1) is 13.2. The Morgan fingerprint density at radius 3 is 2.56 bits per heavy atom. The molecule has 27 heavy (non-hydrogen) atoms. The molecule has 0 aliphatic carbocycles. The maximum absolute atomic E-state index is 5.37. The summed E-state index contributed by atoms with van der Waals surface area (Å²) in [5.41, 5.74) is 0. The van der Waals surface area contributed by atoms with Gasteiger partial charge >= 0.3 is 0 Å². The predicted octanol–water partition coefficient (Wildman–Crippen LogP) is 3.71. The molecule has 1 aromatic rings. The highest BCUT2D eigenvalue weighted by atomic mass is 32.1. The zero-order chi connectivity index (χ0) is 19.1. The maximum Gasteiger partial charge on any atom is 0.232 e. The van der Waals surface area contributed by atoms with Gasteiger partial charge in [-0.25, -0.2) is 0 Å². The Kier molecular flexibility index (Phi) is 7.26. The van der Waals surface area contributed by atoms with Crippen LogP contribution >= 0.6 is 12.2 Å². The standard InChI is InChI=1S/C20H32N6S/c1-3-11-21-20(27)24-19-22-17(25-12-7-4-5-8-13-25)15-18(23-19)26-14-9-6-10-16(26)2/h3,15-16H,1,4-14H2,2H3,(H2,21,22,23,24,27)/t16-/m1/s1. The molecule has 2 saturated heterocycles. The highest BCUT2D eigenvalue weighted by molar-refractivity contribution is 7.80. The van der Waals surface area contributed by atoms with Gasteiger partial charge in [0.25, 0.3) is 0 Å². The Balaban J connectivity index is 1.86. The van der Waals surface area contributed by atoms with Gasteiger partial charge in [-0.3, -0.25) is 0 Å². The Labute approximate surface area is 168 Å². The van der Waals surface area contributed by atoms with E-state index in [4.69, 9.17) is 22.2 Å². The van der Waals surface area contributed by atoms with Gasteiger partial charge in [-0.15, -0.1) is 6.58 Å². The second-order valence-electron chi connectivity index (χ2n) is 7.47. The van der Waals surface area contributed by atoms with Gasteiger partial charge in [-0.1, -0.05) is 18.9 Å². The molecular formula is C20H32N6S. The van der Waals surface area contributed by atoms with Crippen LogP contribution in [-0.4, -0.2) is 47.3 Å². The van der Waals surface area contributed by atoms with E-state index in [2.05, 4.69) is 40.0 Å². The summed E-state index contributed by atoms with van der Waals surface area (Å²) in [7, 11) is 0. The molecule has 0 saturated carbocycles. The van der Waals surface area contributed by atoms with Crippen LogP contribution in [0.1, 0.15) is 51.9 Å². The number of nitrogens with one attached hydrogen (secondary N) is 2. The van der Waals surface area contributed by atoms with Crippen molar-refractivity contribution < 1.29 is 0 Å². The molecule has 0 amide bonds. The van der Waals surface area contributed by atoms with E-state index in [9.17, 15) is 0 Å². The van der Waals surface area contributed by atoms with E-state index < -0.39 is 0 Å². The average Bonchev–Trinajstić information content (AvgIpc) is 2.96. The summed E-state index contributed by atoms with van der Waals surface area (Å²) in [6, 6.07) is 2.67. The fourth-order valence-corrected chi connectivity index (χ4v) is 4.01. The quantitative estimate of drug-likeness (QED) is 0.589. The number of hydrogen-bond acceptors (Lipinski definition) is 5. The first-order valence-electron chi connectivity index (χ1n) is 10.2. The molecule has 2 N–H and O–H groups in total. The smallest absolute Gasteiger partial charge is 0.232 e. The second-order valence-corrected chi connectivity index (χ2v) is 7.88. The third kappa shape index (κ3) is 5.54. The number of nitrogens with zero attached hydrogens (tertiary/aromatic N) is 4. The van der Waals surface area contributed by atoms with Crippen LogP contribution in [0.4, 0.5) is 17.6 Å². The van der Waals surface area contributed by atoms with E-state index in [0.29, 0.717) is 23.6 Å². The van der Waals surface area contributed by atoms with Crippen LogP contribution < -0.4 is 20.4 Å². The van der Waals surface area contributed by atoms with Crippen molar-refractivity contribution in [1.82, 2.24) is 15.3 Å². The first kappa shape index (κ1) is 19.9. The highest BCUT2D eigenvalue weighted by Crippen LogP contribution is 2.28. The molecule has 2 aliphatic rings. The lowest BCUT2D eigenvalue weighted by molar-refractivity contribution is 0.481. The molecule has 0 spiro atoms. The first-order valence-corrected chi connectivity index (χ1v) is 10.6. The van der Waals surface area contributed by atoms with Gasteiger partial charge in [-0.05, 0) is 51.2 Å². The lowest BCUT2D eigenvalue weighted by Crippen LogP contribution is -2.38. The Morgan fingerprint density at radius 2 is 1.85 bits per heavy atom.